The van der Waals surface area contributed by atoms with Crippen LogP contribution in [0.3, 0.4) is 0 Å². The van der Waals surface area contributed by atoms with Crippen LogP contribution in [0, 0.1) is 10.1 Å². The Labute approximate surface area is 225 Å². The van der Waals surface area contributed by atoms with Gasteiger partial charge in [-0.3, -0.25) is 24.7 Å². The van der Waals surface area contributed by atoms with Crippen molar-refractivity contribution < 1.29 is 32.8 Å². The lowest BCUT2D eigenvalue weighted by Crippen LogP contribution is -2.67. The van der Waals surface area contributed by atoms with E-state index in [0.29, 0.717) is 25.9 Å². The van der Waals surface area contributed by atoms with Gasteiger partial charge in [0.1, 0.15) is 6.54 Å². The van der Waals surface area contributed by atoms with Crippen molar-refractivity contribution in [1.82, 2.24) is 19.4 Å². The molecule has 2 aromatic rings. The van der Waals surface area contributed by atoms with Gasteiger partial charge in [0.2, 0.25) is 15.9 Å². The van der Waals surface area contributed by atoms with Crippen molar-refractivity contribution in [2.24, 2.45) is 0 Å². The second kappa shape index (κ2) is 10.2. The highest BCUT2D eigenvalue weighted by molar-refractivity contribution is 7.89. The van der Waals surface area contributed by atoms with Crippen LogP contribution in [-0.4, -0.2) is 95.7 Å². The molecular formula is C25H29N5O8S. The molecule has 3 aliphatic rings. The first-order valence-corrected chi connectivity index (χ1v) is 14.0. The number of rotatable bonds is 7. The summed E-state index contributed by atoms with van der Waals surface area (Å²) in [6, 6.07) is 14.9. The van der Waals surface area contributed by atoms with Crippen molar-refractivity contribution in [1.29, 1.82) is 0 Å². The van der Waals surface area contributed by atoms with Crippen LogP contribution < -0.4 is 4.72 Å². The lowest BCUT2D eigenvalue weighted by Gasteiger charge is -2.44. The number of carboxylic acid groups (broad SMARTS) is 1. The Morgan fingerprint density at radius 2 is 1.74 bits per heavy atom. The molecule has 2 amide bonds. The van der Waals surface area contributed by atoms with Crippen molar-refractivity contribution in [3.8, 4) is 0 Å². The number of carbonyl (C=O) groups is 2. The molecule has 13 nitrogen and oxygen atoms in total. The highest BCUT2D eigenvalue weighted by Crippen LogP contribution is 2.43. The Kier molecular flexibility index (Phi) is 7.05. The predicted molar refractivity (Wildman–Crippen MR) is 137 cm³/mol. The van der Waals surface area contributed by atoms with Gasteiger partial charge in [-0.15, -0.1) is 0 Å². The number of piperidine rings is 1. The highest BCUT2D eigenvalue weighted by atomic mass is 32.2. The summed E-state index contributed by atoms with van der Waals surface area (Å²) in [6.07, 6.45) is -0.198. The molecule has 3 heterocycles. The maximum Gasteiger partial charge on any atom is 0.407 e. The minimum absolute atomic E-state index is 0.200. The molecule has 3 aliphatic heterocycles. The predicted octanol–water partition coefficient (Wildman–Crippen LogP) is 1.46. The van der Waals surface area contributed by atoms with Gasteiger partial charge in [0, 0.05) is 25.7 Å². The molecule has 1 unspecified atom stereocenters. The minimum Gasteiger partial charge on any atom is -0.465 e. The maximum atomic E-state index is 13.2. The van der Waals surface area contributed by atoms with E-state index in [1.54, 1.807) is 0 Å². The van der Waals surface area contributed by atoms with Crippen molar-refractivity contribution in [2.75, 3.05) is 39.3 Å². The number of piperazine rings is 1. The molecule has 0 saturated carbocycles. The third-order valence-corrected chi connectivity index (χ3v) is 9.04. The monoisotopic (exact) mass is 559 g/mol. The van der Waals surface area contributed by atoms with Crippen LogP contribution in [0.4, 0.5) is 10.5 Å². The van der Waals surface area contributed by atoms with Crippen LogP contribution in [0.5, 0.6) is 0 Å². The molecule has 14 heteroatoms. The Hall–Kier alpha value is -3.59. The maximum absolute atomic E-state index is 13.2. The fraction of sp³-hybridized carbons (Fsp3) is 0.440. The molecule has 3 fully saturated rings. The number of likely N-dealkylation sites (tertiary alicyclic amines) is 1. The number of nitro groups is 1. The summed E-state index contributed by atoms with van der Waals surface area (Å²) in [5.41, 5.74) is -1.79. The van der Waals surface area contributed by atoms with E-state index in [1.807, 2.05) is 30.3 Å². The first-order chi connectivity index (χ1) is 18.5. The normalized spacial score (nSPS) is 23.1. The zero-order chi connectivity index (χ0) is 27.8. The van der Waals surface area contributed by atoms with Crippen LogP contribution in [0.1, 0.15) is 18.4 Å². The Bertz CT molecular complexity index is 1380. The van der Waals surface area contributed by atoms with E-state index >= 15 is 0 Å². The molecule has 0 bridgehead atoms. The number of hydrogen-bond donors (Lipinski definition) is 2. The third-order valence-electron chi connectivity index (χ3n) is 7.59. The van der Waals surface area contributed by atoms with E-state index in [0.717, 1.165) is 23.6 Å². The summed E-state index contributed by atoms with van der Waals surface area (Å²) in [4.78, 5) is 39.7. The number of hydrogen-bond acceptors (Lipinski definition) is 8. The fourth-order valence-electron chi connectivity index (χ4n) is 5.62. The summed E-state index contributed by atoms with van der Waals surface area (Å²) in [5, 5.41) is 21.1. The van der Waals surface area contributed by atoms with Crippen molar-refractivity contribution in [3.05, 3.63) is 70.3 Å². The first kappa shape index (κ1) is 27.0. The highest BCUT2D eigenvalue weighted by Gasteiger charge is 2.60. The van der Waals surface area contributed by atoms with Gasteiger partial charge in [-0.1, -0.05) is 42.5 Å². The van der Waals surface area contributed by atoms with E-state index in [-0.39, 0.29) is 19.6 Å². The van der Waals surface area contributed by atoms with Gasteiger partial charge in [0.25, 0.3) is 5.69 Å². The second-order valence-corrected chi connectivity index (χ2v) is 11.9. The van der Waals surface area contributed by atoms with Crippen molar-refractivity contribution in [2.45, 2.75) is 35.6 Å². The number of nitrogens with one attached hydrogen (secondary N) is 1. The lowest BCUT2D eigenvalue weighted by atomic mass is 9.91. The summed E-state index contributed by atoms with van der Waals surface area (Å²) >= 11 is 0. The summed E-state index contributed by atoms with van der Waals surface area (Å²) in [7, 11) is -4.40. The Morgan fingerprint density at radius 3 is 2.41 bits per heavy atom. The minimum atomic E-state index is -4.40. The number of benzene rings is 2. The molecule has 39 heavy (non-hydrogen) atoms. The molecule has 2 aromatic carbocycles. The largest absolute Gasteiger partial charge is 0.465 e. The third kappa shape index (κ3) is 5.32. The van der Waals surface area contributed by atoms with Crippen LogP contribution in [-0.2, 0) is 26.1 Å². The van der Waals surface area contributed by atoms with E-state index in [4.69, 9.17) is 4.74 Å². The molecule has 1 atom stereocenters. The molecule has 208 valence electrons. The molecule has 2 N–H and O–H groups in total. The van der Waals surface area contributed by atoms with Gasteiger partial charge in [-0.2, -0.15) is 0 Å². The summed E-state index contributed by atoms with van der Waals surface area (Å²) in [6.45, 7) is 1.22. The Balaban J connectivity index is 1.38. The zero-order valence-corrected chi connectivity index (χ0v) is 21.9. The second-order valence-electron chi connectivity index (χ2n) is 10.2. The van der Waals surface area contributed by atoms with Crippen molar-refractivity contribution in [3.63, 3.8) is 0 Å². The molecule has 3 saturated heterocycles. The van der Waals surface area contributed by atoms with Crippen LogP contribution in [0.25, 0.3) is 0 Å². The quantitative estimate of drug-likeness (QED) is 0.378. The van der Waals surface area contributed by atoms with E-state index in [2.05, 4.69) is 9.62 Å². The zero-order valence-electron chi connectivity index (χ0n) is 21.1. The molecular weight excluding hydrogens is 530 g/mol. The molecule has 1 spiro atoms. The number of carbonyl (C=O) groups excluding carboxylic acids is 1. The fourth-order valence-corrected chi connectivity index (χ4v) is 6.87. The number of fused-ring (bicyclic) bond motifs is 1. The van der Waals surface area contributed by atoms with Gasteiger partial charge < -0.3 is 14.7 Å². The Morgan fingerprint density at radius 1 is 1.08 bits per heavy atom. The van der Waals surface area contributed by atoms with Crippen LogP contribution in [0.15, 0.2) is 59.5 Å². The van der Waals surface area contributed by atoms with Gasteiger partial charge in [0.05, 0.1) is 30.2 Å². The van der Waals surface area contributed by atoms with E-state index in [1.165, 1.54) is 22.6 Å². The molecule has 0 radical (unpaired) electrons. The first-order valence-electron chi connectivity index (χ1n) is 12.5. The number of sulfonamides is 1. The van der Waals surface area contributed by atoms with Gasteiger partial charge in [-0.25, -0.2) is 17.9 Å². The average Bonchev–Trinajstić information content (AvgIpc) is 3.24. The summed E-state index contributed by atoms with van der Waals surface area (Å²) in [5.74, 6) is -0.489. The van der Waals surface area contributed by atoms with Gasteiger partial charge in [0.15, 0.2) is 10.6 Å². The standard InChI is InChI=1S/C25H29N5O8S/c31-22-15-28(23(32)33)18-25(16-26-39(36,37)21-9-5-4-8-20(21)30(34)35)29(22)17-24(38-25)10-12-27(13-11-24)14-19-6-2-1-3-7-19/h1-9,26H,10-18H2,(H,32,33). The number of nitrogens with zero attached hydrogens (tertiary/aromatic N) is 4. The molecule has 5 rings (SSSR count). The number of para-hydroxylation sites is 1. The van der Waals surface area contributed by atoms with Crippen LogP contribution in [0.2, 0.25) is 0 Å². The van der Waals surface area contributed by atoms with Crippen molar-refractivity contribution >= 4 is 27.7 Å². The van der Waals surface area contributed by atoms with E-state index in [9.17, 15) is 33.2 Å². The number of amides is 2. The summed E-state index contributed by atoms with van der Waals surface area (Å²) < 4.78 is 35.2. The number of nitro benzene ring substituents is 1. The number of ether oxygens (including phenoxy) is 1. The SMILES string of the molecule is O=C(O)N1CC(=O)N2CC3(CCN(Cc4ccccc4)CC3)OC2(CNS(=O)(=O)c2ccccc2[N+](=O)[O-])C1. The average molecular weight is 560 g/mol. The molecule has 0 aromatic heterocycles. The van der Waals surface area contributed by atoms with Crippen LogP contribution >= 0.6 is 0 Å². The smallest absolute Gasteiger partial charge is 0.407 e. The van der Waals surface area contributed by atoms with Gasteiger partial charge in [-0.05, 0) is 24.5 Å². The lowest BCUT2D eigenvalue weighted by molar-refractivity contribution is -0.387. The molecule has 0 aliphatic carbocycles. The van der Waals surface area contributed by atoms with E-state index < -0.39 is 55.4 Å². The van der Waals surface area contributed by atoms with Gasteiger partial charge >= 0.3 is 6.09 Å². The topological polar surface area (TPSA) is 163 Å².